The van der Waals surface area contributed by atoms with E-state index in [4.69, 9.17) is 0 Å². The summed E-state index contributed by atoms with van der Waals surface area (Å²) >= 11 is 0. The van der Waals surface area contributed by atoms with Crippen molar-refractivity contribution in [2.45, 2.75) is 39.0 Å². The summed E-state index contributed by atoms with van der Waals surface area (Å²) in [5.74, 6) is -0.309. The minimum absolute atomic E-state index is 0.0686. The zero-order valence-corrected chi connectivity index (χ0v) is 18.7. The molecule has 3 rings (SSSR count). The maximum absolute atomic E-state index is 12.7. The maximum atomic E-state index is 12.7. The first-order valence-corrected chi connectivity index (χ1v) is 11.4. The fourth-order valence-corrected chi connectivity index (χ4v) is 3.65. The van der Waals surface area contributed by atoms with Gasteiger partial charge in [0.15, 0.2) is 0 Å². The number of nitrogens with zero attached hydrogens (tertiary/aromatic N) is 1. The molecule has 0 aliphatic carbocycles. The highest BCUT2D eigenvalue weighted by Gasteiger charge is 2.17. The molecule has 0 spiro atoms. The van der Waals surface area contributed by atoms with Gasteiger partial charge in [0.1, 0.15) is 0 Å². The molecule has 3 N–H and O–H groups in total. The summed E-state index contributed by atoms with van der Waals surface area (Å²) in [5.41, 5.74) is 2.51. The second kappa shape index (κ2) is 11.9. The van der Waals surface area contributed by atoms with Gasteiger partial charge in [0, 0.05) is 42.1 Å². The van der Waals surface area contributed by atoms with Gasteiger partial charge in [0.2, 0.25) is 5.91 Å². The van der Waals surface area contributed by atoms with Crippen LogP contribution in [0.5, 0.6) is 0 Å². The van der Waals surface area contributed by atoms with E-state index in [0.717, 1.165) is 38.0 Å². The molecule has 0 atom stereocenters. The van der Waals surface area contributed by atoms with Crippen LogP contribution in [0.1, 0.15) is 59.7 Å². The van der Waals surface area contributed by atoms with E-state index in [2.05, 4.69) is 16.0 Å². The zero-order chi connectivity index (χ0) is 22.8. The number of anilines is 2. The molecule has 1 heterocycles. The number of nitrogens with one attached hydrogen (secondary N) is 3. The Morgan fingerprint density at radius 2 is 1.59 bits per heavy atom. The standard InChI is InChI=1S/C25H32N4O3/c1-2-14-26-24(31)20-8-7-9-22(17-20)28-23(30)18-27-21-12-10-19(11-13-21)25(32)29-15-5-3-4-6-16-29/h7-13,17,27H,2-6,14-16,18H2,1H3,(H,26,31)(H,28,30). The molecule has 2 aromatic rings. The average molecular weight is 437 g/mol. The summed E-state index contributed by atoms with van der Waals surface area (Å²) in [6, 6.07) is 14.1. The smallest absolute Gasteiger partial charge is 0.253 e. The van der Waals surface area contributed by atoms with Crippen LogP contribution in [0.15, 0.2) is 48.5 Å². The van der Waals surface area contributed by atoms with E-state index in [9.17, 15) is 14.4 Å². The SMILES string of the molecule is CCCNC(=O)c1cccc(NC(=O)CNc2ccc(C(=O)N3CCCCCC3)cc2)c1. The second-order valence-electron chi connectivity index (χ2n) is 8.02. The number of rotatable bonds is 8. The highest BCUT2D eigenvalue weighted by atomic mass is 16.2. The second-order valence-corrected chi connectivity index (χ2v) is 8.02. The molecule has 7 heteroatoms. The predicted molar refractivity (Wildman–Crippen MR) is 127 cm³/mol. The molecule has 0 bridgehead atoms. The Bertz CT molecular complexity index is 919. The van der Waals surface area contributed by atoms with Gasteiger partial charge in [-0.2, -0.15) is 0 Å². The van der Waals surface area contributed by atoms with E-state index >= 15 is 0 Å². The van der Waals surface area contributed by atoms with Crippen LogP contribution in [0, 0.1) is 0 Å². The van der Waals surface area contributed by atoms with Crippen molar-refractivity contribution < 1.29 is 14.4 Å². The van der Waals surface area contributed by atoms with Gasteiger partial charge in [-0.15, -0.1) is 0 Å². The Hall–Kier alpha value is -3.35. The molecular formula is C25H32N4O3. The van der Waals surface area contributed by atoms with Crippen LogP contribution in [0.4, 0.5) is 11.4 Å². The predicted octanol–water partition coefficient (Wildman–Crippen LogP) is 3.89. The number of benzene rings is 2. The van der Waals surface area contributed by atoms with Crippen LogP contribution in [-0.4, -0.2) is 48.8 Å². The Kier molecular flexibility index (Phi) is 8.66. The Labute approximate surface area is 189 Å². The molecule has 0 aromatic heterocycles. The number of hydrogen-bond acceptors (Lipinski definition) is 4. The van der Waals surface area contributed by atoms with Crippen molar-refractivity contribution in [2.24, 2.45) is 0 Å². The molecule has 3 amide bonds. The third kappa shape index (κ3) is 6.83. The highest BCUT2D eigenvalue weighted by molar-refractivity contribution is 5.98. The van der Waals surface area contributed by atoms with Gasteiger partial charge in [-0.1, -0.05) is 25.8 Å². The number of carbonyl (C=O) groups excluding carboxylic acids is 3. The summed E-state index contributed by atoms with van der Waals surface area (Å²) in [7, 11) is 0. The number of amides is 3. The van der Waals surface area contributed by atoms with Crippen LogP contribution in [-0.2, 0) is 4.79 Å². The van der Waals surface area contributed by atoms with Crippen LogP contribution < -0.4 is 16.0 Å². The van der Waals surface area contributed by atoms with Crippen molar-refractivity contribution in [2.75, 3.05) is 36.8 Å². The van der Waals surface area contributed by atoms with Gasteiger partial charge in [-0.3, -0.25) is 14.4 Å². The summed E-state index contributed by atoms with van der Waals surface area (Å²) < 4.78 is 0. The topological polar surface area (TPSA) is 90.5 Å². The first kappa shape index (κ1) is 23.3. The van der Waals surface area contributed by atoms with Gasteiger partial charge in [-0.25, -0.2) is 0 Å². The van der Waals surface area contributed by atoms with Crippen LogP contribution in [0.2, 0.25) is 0 Å². The lowest BCUT2D eigenvalue weighted by Crippen LogP contribution is -2.31. The van der Waals surface area contributed by atoms with E-state index in [1.807, 2.05) is 24.0 Å². The van der Waals surface area contributed by atoms with Gasteiger partial charge in [0.25, 0.3) is 11.8 Å². The molecule has 0 unspecified atom stereocenters. The highest BCUT2D eigenvalue weighted by Crippen LogP contribution is 2.16. The number of likely N-dealkylation sites (tertiary alicyclic amines) is 1. The molecule has 1 aliphatic heterocycles. The molecule has 170 valence electrons. The molecule has 1 aliphatic rings. The quantitative estimate of drug-likeness (QED) is 0.586. The van der Waals surface area contributed by atoms with Crippen molar-refractivity contribution in [3.8, 4) is 0 Å². The van der Waals surface area contributed by atoms with Gasteiger partial charge >= 0.3 is 0 Å². The van der Waals surface area contributed by atoms with Crippen molar-refractivity contribution in [3.05, 3.63) is 59.7 Å². The lowest BCUT2D eigenvalue weighted by atomic mass is 10.1. The summed E-state index contributed by atoms with van der Waals surface area (Å²) in [6.07, 6.45) is 5.36. The largest absolute Gasteiger partial charge is 0.376 e. The van der Waals surface area contributed by atoms with Gasteiger partial charge in [-0.05, 0) is 61.7 Å². The average Bonchev–Trinajstić information content (AvgIpc) is 3.11. The van der Waals surface area contributed by atoms with Crippen molar-refractivity contribution >= 4 is 29.1 Å². The minimum Gasteiger partial charge on any atom is -0.376 e. The van der Waals surface area contributed by atoms with E-state index < -0.39 is 0 Å². The molecular weight excluding hydrogens is 404 g/mol. The fourth-order valence-electron chi connectivity index (χ4n) is 3.65. The maximum Gasteiger partial charge on any atom is 0.253 e. The molecule has 0 saturated carbocycles. The van der Waals surface area contributed by atoms with Crippen molar-refractivity contribution in [1.29, 1.82) is 0 Å². The minimum atomic E-state index is -0.221. The molecule has 2 aromatic carbocycles. The van der Waals surface area contributed by atoms with Crippen molar-refractivity contribution in [1.82, 2.24) is 10.2 Å². The van der Waals surface area contributed by atoms with Gasteiger partial charge < -0.3 is 20.9 Å². The third-order valence-corrected chi connectivity index (χ3v) is 5.42. The summed E-state index contributed by atoms with van der Waals surface area (Å²) in [4.78, 5) is 39.0. The number of hydrogen-bond donors (Lipinski definition) is 3. The molecule has 32 heavy (non-hydrogen) atoms. The Morgan fingerprint density at radius 1 is 0.875 bits per heavy atom. The Morgan fingerprint density at radius 3 is 2.28 bits per heavy atom. The van der Waals surface area contributed by atoms with Gasteiger partial charge in [0.05, 0.1) is 6.54 Å². The molecule has 0 radical (unpaired) electrons. The summed E-state index contributed by atoms with van der Waals surface area (Å²) in [6.45, 7) is 4.32. The van der Waals surface area contributed by atoms with E-state index in [-0.39, 0.29) is 24.3 Å². The van der Waals surface area contributed by atoms with Crippen LogP contribution >= 0.6 is 0 Å². The van der Waals surface area contributed by atoms with E-state index in [1.165, 1.54) is 12.8 Å². The zero-order valence-electron chi connectivity index (χ0n) is 18.7. The fraction of sp³-hybridized carbons (Fsp3) is 0.400. The molecule has 1 saturated heterocycles. The monoisotopic (exact) mass is 436 g/mol. The first-order valence-electron chi connectivity index (χ1n) is 11.4. The molecule has 7 nitrogen and oxygen atoms in total. The lowest BCUT2D eigenvalue weighted by molar-refractivity contribution is -0.114. The normalized spacial score (nSPS) is 13.7. The van der Waals surface area contributed by atoms with E-state index in [0.29, 0.717) is 23.4 Å². The molecule has 1 fully saturated rings. The third-order valence-electron chi connectivity index (χ3n) is 5.42. The van der Waals surface area contributed by atoms with Crippen LogP contribution in [0.25, 0.3) is 0 Å². The lowest BCUT2D eigenvalue weighted by Gasteiger charge is -2.20. The Balaban J connectivity index is 1.49. The van der Waals surface area contributed by atoms with Crippen molar-refractivity contribution in [3.63, 3.8) is 0 Å². The number of carbonyl (C=O) groups is 3. The first-order chi connectivity index (χ1) is 15.6. The summed E-state index contributed by atoms with van der Waals surface area (Å²) in [5, 5.41) is 8.69. The van der Waals surface area contributed by atoms with Crippen LogP contribution in [0.3, 0.4) is 0 Å². The van der Waals surface area contributed by atoms with E-state index in [1.54, 1.807) is 36.4 Å².